The summed E-state index contributed by atoms with van der Waals surface area (Å²) in [6.45, 7) is -0.0115. The maximum Gasteiger partial charge on any atom is 0.510 e. The van der Waals surface area contributed by atoms with E-state index in [4.69, 9.17) is 4.74 Å². The molecule has 0 aromatic rings. The molecule has 0 saturated heterocycles. The van der Waals surface area contributed by atoms with Gasteiger partial charge < -0.3 is 23.7 Å². The molecule has 0 aliphatic carbocycles. The Bertz CT molecular complexity index is 191. The second-order valence-electron chi connectivity index (χ2n) is 2.28. The van der Waals surface area contributed by atoms with E-state index in [2.05, 4.69) is 18.9 Å². The molecule has 0 aliphatic rings. The quantitative estimate of drug-likeness (QED) is 0.339. The highest BCUT2D eigenvalue weighted by Gasteiger charge is 2.05. The number of carbonyl (C=O) groups is 2. The summed E-state index contributed by atoms with van der Waals surface area (Å²) < 4.78 is 22.5. The van der Waals surface area contributed by atoms with Gasteiger partial charge in [-0.05, 0) is 0 Å². The molecule has 7 heteroatoms. The zero-order valence-electron chi connectivity index (χ0n) is 8.69. The van der Waals surface area contributed by atoms with Crippen molar-refractivity contribution in [2.75, 3.05) is 40.8 Å². The topological polar surface area (TPSA) is 80.3 Å². The van der Waals surface area contributed by atoms with Crippen molar-refractivity contribution in [3.05, 3.63) is 0 Å². The van der Waals surface area contributed by atoms with Gasteiger partial charge in [0.2, 0.25) is 6.79 Å². The van der Waals surface area contributed by atoms with Crippen LogP contribution in [0.3, 0.4) is 0 Å². The van der Waals surface area contributed by atoms with Gasteiger partial charge in [0.15, 0.2) is 0 Å². The Labute approximate surface area is 87.2 Å². The molecule has 0 bridgehead atoms. The van der Waals surface area contributed by atoms with E-state index < -0.39 is 18.9 Å². The first kappa shape index (κ1) is 13.7. The maximum atomic E-state index is 10.9. The molecule has 0 unspecified atom stereocenters. The number of methoxy groups -OCH3 is 2. The lowest BCUT2D eigenvalue weighted by molar-refractivity contribution is -0.158. The molecule has 0 rings (SSSR count). The molecule has 0 radical (unpaired) electrons. The summed E-state index contributed by atoms with van der Waals surface area (Å²) in [5.74, 6) is -0.630. The molecule has 0 aromatic carbocycles. The fourth-order valence-electron chi connectivity index (χ4n) is 0.542. The zero-order chi connectivity index (χ0) is 11.5. The average molecular weight is 222 g/mol. The summed E-state index contributed by atoms with van der Waals surface area (Å²) >= 11 is 0. The van der Waals surface area contributed by atoms with Crippen LogP contribution < -0.4 is 0 Å². The highest BCUT2D eigenvalue weighted by molar-refractivity contribution is 5.70. The molecular weight excluding hydrogens is 208 g/mol. The third-order valence-corrected chi connectivity index (χ3v) is 1.22. The van der Waals surface area contributed by atoms with Crippen LogP contribution in [0.4, 0.5) is 4.79 Å². The van der Waals surface area contributed by atoms with Crippen molar-refractivity contribution in [2.45, 2.75) is 0 Å². The van der Waals surface area contributed by atoms with Gasteiger partial charge in [-0.1, -0.05) is 0 Å². The molecule has 7 nitrogen and oxygen atoms in total. The van der Waals surface area contributed by atoms with Gasteiger partial charge in [0, 0.05) is 7.11 Å². The summed E-state index contributed by atoms with van der Waals surface area (Å²) in [5, 5.41) is 0. The molecule has 15 heavy (non-hydrogen) atoms. The van der Waals surface area contributed by atoms with Crippen molar-refractivity contribution < 1.29 is 33.3 Å². The number of rotatable bonds is 7. The molecule has 0 aromatic heterocycles. The predicted octanol–water partition coefficient (Wildman–Crippen LogP) is -0.0669. The van der Waals surface area contributed by atoms with Gasteiger partial charge in [0.1, 0.15) is 6.61 Å². The Morgan fingerprint density at radius 1 is 1.07 bits per heavy atom. The van der Waals surface area contributed by atoms with Crippen LogP contribution in [-0.4, -0.2) is 53.0 Å². The summed E-state index contributed by atoms with van der Waals surface area (Å²) in [4.78, 5) is 21.3. The van der Waals surface area contributed by atoms with E-state index in [9.17, 15) is 9.59 Å². The standard InChI is InChI=1S/C8H14O7/c1-11-3-4-13-5-7(9)14-6-15-8(10)12-2/h3-6H2,1-2H3. The lowest BCUT2D eigenvalue weighted by atomic mass is 10.7. The molecule has 0 heterocycles. The summed E-state index contributed by atoms with van der Waals surface area (Å²) in [7, 11) is 2.67. The summed E-state index contributed by atoms with van der Waals surface area (Å²) in [5.41, 5.74) is 0. The second kappa shape index (κ2) is 9.22. The van der Waals surface area contributed by atoms with E-state index in [1.807, 2.05) is 0 Å². The van der Waals surface area contributed by atoms with Crippen LogP contribution in [0, 0.1) is 0 Å². The summed E-state index contributed by atoms with van der Waals surface area (Å²) in [6.07, 6.45) is -0.914. The van der Waals surface area contributed by atoms with Crippen LogP contribution in [0.2, 0.25) is 0 Å². The van der Waals surface area contributed by atoms with Crippen LogP contribution in [-0.2, 0) is 28.5 Å². The smallest absolute Gasteiger partial charge is 0.438 e. The second-order valence-corrected chi connectivity index (χ2v) is 2.28. The van der Waals surface area contributed by atoms with Gasteiger partial charge in [0.05, 0.1) is 20.3 Å². The highest BCUT2D eigenvalue weighted by Crippen LogP contribution is 1.86. The van der Waals surface area contributed by atoms with E-state index >= 15 is 0 Å². The third-order valence-electron chi connectivity index (χ3n) is 1.22. The lowest BCUT2D eigenvalue weighted by Gasteiger charge is -2.05. The largest absolute Gasteiger partial charge is 0.510 e. The first-order chi connectivity index (χ1) is 7.20. The van der Waals surface area contributed by atoms with Crippen molar-refractivity contribution >= 4 is 12.1 Å². The van der Waals surface area contributed by atoms with Gasteiger partial charge in [-0.25, -0.2) is 9.59 Å². The minimum Gasteiger partial charge on any atom is -0.438 e. The third kappa shape index (κ3) is 8.98. The van der Waals surface area contributed by atoms with E-state index in [0.29, 0.717) is 13.2 Å². The summed E-state index contributed by atoms with van der Waals surface area (Å²) in [6, 6.07) is 0. The number of hydrogen-bond donors (Lipinski definition) is 0. The Morgan fingerprint density at radius 2 is 1.80 bits per heavy atom. The van der Waals surface area contributed by atoms with Gasteiger partial charge in [-0.3, -0.25) is 0 Å². The normalized spacial score (nSPS) is 9.47. The lowest BCUT2D eigenvalue weighted by Crippen LogP contribution is -2.18. The van der Waals surface area contributed by atoms with Crippen LogP contribution in [0.1, 0.15) is 0 Å². The van der Waals surface area contributed by atoms with E-state index in [0.717, 1.165) is 7.11 Å². The van der Waals surface area contributed by atoms with E-state index in [1.54, 1.807) is 0 Å². The van der Waals surface area contributed by atoms with Gasteiger partial charge in [0.25, 0.3) is 0 Å². The zero-order valence-corrected chi connectivity index (χ0v) is 8.69. The van der Waals surface area contributed by atoms with Gasteiger partial charge in [-0.15, -0.1) is 0 Å². The SMILES string of the molecule is COCCOCC(=O)OCOC(=O)OC. The molecule has 0 N–H and O–H groups in total. The fourth-order valence-corrected chi connectivity index (χ4v) is 0.542. The van der Waals surface area contributed by atoms with Gasteiger partial charge >= 0.3 is 12.1 Å². The first-order valence-electron chi connectivity index (χ1n) is 4.13. The molecular formula is C8H14O7. The first-order valence-corrected chi connectivity index (χ1v) is 4.13. The van der Waals surface area contributed by atoms with Crippen LogP contribution in [0.25, 0.3) is 0 Å². The molecule has 0 amide bonds. The maximum absolute atomic E-state index is 10.9. The number of esters is 1. The number of hydrogen-bond acceptors (Lipinski definition) is 7. The van der Waals surface area contributed by atoms with Crippen LogP contribution in [0.5, 0.6) is 0 Å². The molecule has 0 saturated carbocycles. The Hall–Kier alpha value is -1.34. The molecule has 0 aliphatic heterocycles. The molecule has 0 fully saturated rings. The predicted molar refractivity (Wildman–Crippen MR) is 47.1 cm³/mol. The number of ether oxygens (including phenoxy) is 5. The van der Waals surface area contributed by atoms with Crippen LogP contribution in [0.15, 0.2) is 0 Å². The minimum atomic E-state index is -0.914. The van der Waals surface area contributed by atoms with Crippen molar-refractivity contribution in [2.24, 2.45) is 0 Å². The van der Waals surface area contributed by atoms with E-state index in [-0.39, 0.29) is 6.61 Å². The Kier molecular flexibility index (Phi) is 8.40. The monoisotopic (exact) mass is 222 g/mol. The van der Waals surface area contributed by atoms with E-state index in [1.165, 1.54) is 7.11 Å². The number of carbonyl (C=O) groups excluding carboxylic acids is 2. The molecule has 0 spiro atoms. The fraction of sp³-hybridized carbons (Fsp3) is 0.750. The Balaban J connectivity index is 3.29. The van der Waals surface area contributed by atoms with Crippen molar-refractivity contribution in [1.29, 1.82) is 0 Å². The average Bonchev–Trinajstić information content (AvgIpc) is 2.24. The van der Waals surface area contributed by atoms with Crippen molar-refractivity contribution in [1.82, 2.24) is 0 Å². The van der Waals surface area contributed by atoms with Crippen molar-refractivity contribution in [3.63, 3.8) is 0 Å². The Morgan fingerprint density at radius 3 is 2.40 bits per heavy atom. The molecule has 0 atom stereocenters. The molecule has 88 valence electrons. The van der Waals surface area contributed by atoms with Crippen molar-refractivity contribution in [3.8, 4) is 0 Å². The van der Waals surface area contributed by atoms with Crippen LogP contribution >= 0.6 is 0 Å². The van der Waals surface area contributed by atoms with Gasteiger partial charge in [-0.2, -0.15) is 0 Å². The highest BCUT2D eigenvalue weighted by atomic mass is 16.8. The minimum absolute atomic E-state index is 0.214.